The molecule has 0 aliphatic carbocycles. The lowest BCUT2D eigenvalue weighted by molar-refractivity contribution is 0.576. The molecular weight excluding hydrogens is 446 g/mol. The van der Waals surface area contributed by atoms with Gasteiger partial charge < -0.3 is 0 Å². The van der Waals surface area contributed by atoms with Gasteiger partial charge in [0.05, 0.1) is 29.4 Å². The van der Waals surface area contributed by atoms with Gasteiger partial charge in [0.1, 0.15) is 0 Å². The molecule has 1 atom stereocenters. The Balaban J connectivity index is 1.65. The molecule has 168 valence electrons. The zero-order valence-corrected chi connectivity index (χ0v) is 19.3. The van der Waals surface area contributed by atoms with Crippen molar-refractivity contribution in [2.75, 3.05) is 5.75 Å². The first kappa shape index (κ1) is 22.4. The first-order valence-electron chi connectivity index (χ1n) is 10.3. The normalized spacial score (nSPS) is 16.7. The molecule has 9 heteroatoms. The van der Waals surface area contributed by atoms with Crippen molar-refractivity contribution in [1.82, 2.24) is 14.5 Å². The molecule has 0 radical (unpaired) electrons. The number of aromatic nitrogens is 2. The highest BCUT2D eigenvalue weighted by molar-refractivity contribution is 7.92. The van der Waals surface area contributed by atoms with Crippen LogP contribution in [0.15, 0.2) is 66.1 Å². The van der Waals surface area contributed by atoms with Crippen molar-refractivity contribution < 1.29 is 16.8 Å². The molecule has 0 saturated heterocycles. The second-order valence-corrected chi connectivity index (χ2v) is 11.7. The summed E-state index contributed by atoms with van der Waals surface area (Å²) in [6.45, 7) is 2.19. The molecule has 0 spiro atoms. The molecule has 1 aliphatic heterocycles. The maximum atomic E-state index is 12.7. The van der Waals surface area contributed by atoms with Crippen LogP contribution in [-0.2, 0) is 38.6 Å². The smallest absolute Gasteiger partial charge is 0.234 e. The monoisotopic (exact) mass is 471 g/mol. The maximum Gasteiger partial charge on any atom is 0.234 e. The molecule has 2 heterocycles. The van der Waals surface area contributed by atoms with Gasteiger partial charge in [0.25, 0.3) is 0 Å². The minimum Gasteiger partial charge on any atom is -0.260 e. The molecule has 3 aromatic rings. The minimum atomic E-state index is -3.77. The number of rotatable bonds is 7. The van der Waals surface area contributed by atoms with Crippen molar-refractivity contribution in [1.29, 1.82) is 0 Å². The molecule has 4 rings (SSSR count). The number of nitrogens with one attached hydrogen (secondary N) is 1. The molecule has 1 aromatic heterocycles. The molecule has 0 amide bonds. The van der Waals surface area contributed by atoms with Gasteiger partial charge in [-0.1, -0.05) is 60.7 Å². The van der Waals surface area contributed by atoms with Gasteiger partial charge in [0, 0.05) is 23.4 Å². The molecule has 0 bridgehead atoms. The van der Waals surface area contributed by atoms with Gasteiger partial charge in [-0.25, -0.2) is 21.6 Å². The van der Waals surface area contributed by atoms with Gasteiger partial charge in [-0.3, -0.25) is 4.68 Å². The van der Waals surface area contributed by atoms with Gasteiger partial charge in [-0.2, -0.15) is 5.10 Å². The van der Waals surface area contributed by atoms with Crippen LogP contribution in [0.1, 0.15) is 41.0 Å². The quantitative estimate of drug-likeness (QED) is 0.571. The Hall–Kier alpha value is -2.75. The summed E-state index contributed by atoms with van der Waals surface area (Å²) >= 11 is 0. The van der Waals surface area contributed by atoms with Crippen molar-refractivity contribution in [3.63, 3.8) is 0 Å². The summed E-state index contributed by atoms with van der Waals surface area (Å²) in [4.78, 5) is 0. The number of benzene rings is 2. The summed E-state index contributed by atoms with van der Waals surface area (Å²) in [5.74, 6) is -0.0787. The predicted molar refractivity (Wildman–Crippen MR) is 125 cm³/mol. The third-order valence-corrected chi connectivity index (χ3v) is 8.14. The van der Waals surface area contributed by atoms with E-state index >= 15 is 0 Å². The average molecular weight is 472 g/mol. The maximum absolute atomic E-state index is 12.7. The molecular formula is C23H25N3O4S2. The van der Waals surface area contributed by atoms with Gasteiger partial charge in [-0.15, -0.1) is 0 Å². The number of nitrogens with zero attached hydrogens (tertiary/aromatic N) is 2. The largest absolute Gasteiger partial charge is 0.260 e. The van der Waals surface area contributed by atoms with Crippen LogP contribution in [0.4, 0.5) is 0 Å². The molecule has 2 aromatic carbocycles. The number of hydrogen-bond donors (Lipinski definition) is 1. The van der Waals surface area contributed by atoms with E-state index in [1.165, 1.54) is 6.08 Å². The fourth-order valence-electron chi connectivity index (χ4n) is 3.78. The highest BCUT2D eigenvalue weighted by Gasteiger charge is 2.28. The van der Waals surface area contributed by atoms with E-state index in [2.05, 4.69) is 9.82 Å². The van der Waals surface area contributed by atoms with E-state index in [1.807, 2.05) is 60.7 Å². The Kier molecular flexibility index (Phi) is 6.32. The molecule has 7 nitrogen and oxygen atoms in total. The molecule has 32 heavy (non-hydrogen) atoms. The van der Waals surface area contributed by atoms with Gasteiger partial charge in [-0.05, 0) is 24.1 Å². The Labute approximate surface area is 188 Å². The highest BCUT2D eigenvalue weighted by atomic mass is 32.2. The van der Waals surface area contributed by atoms with Crippen molar-refractivity contribution in [3.05, 3.63) is 94.1 Å². The van der Waals surface area contributed by atoms with Crippen LogP contribution >= 0.6 is 0 Å². The van der Waals surface area contributed by atoms with E-state index in [1.54, 1.807) is 11.6 Å². The SMILES string of the molecule is C[C@@H](NS(=O)(=O)/C=C/c1c2c(nn1Cc1ccccc1)CCS(=O)(=O)C2)c1ccccc1. The summed E-state index contributed by atoms with van der Waals surface area (Å²) in [5, 5.41) is 5.70. The van der Waals surface area contributed by atoms with Crippen LogP contribution < -0.4 is 4.72 Å². The van der Waals surface area contributed by atoms with Crippen molar-refractivity contribution in [2.45, 2.75) is 31.7 Å². The van der Waals surface area contributed by atoms with Crippen LogP contribution in [-0.4, -0.2) is 32.4 Å². The standard InChI is InChI=1S/C23H25N3O4S2/c1-18(20-10-6-3-7-11-20)25-32(29,30)15-13-23-21-17-31(27,28)14-12-22(21)24-26(23)16-19-8-4-2-5-9-19/h2-11,13,15,18,25H,12,14,16-17H2,1H3/b15-13+/t18-/m1/s1. The fourth-order valence-corrected chi connectivity index (χ4v) is 6.20. The van der Waals surface area contributed by atoms with E-state index in [-0.39, 0.29) is 11.5 Å². The molecule has 1 N–H and O–H groups in total. The highest BCUT2D eigenvalue weighted by Crippen LogP contribution is 2.26. The van der Waals surface area contributed by atoms with Crippen LogP contribution in [0.5, 0.6) is 0 Å². The second-order valence-electron chi connectivity index (χ2n) is 7.89. The number of hydrogen-bond acceptors (Lipinski definition) is 5. The Morgan fingerprint density at radius 3 is 2.44 bits per heavy atom. The first-order valence-corrected chi connectivity index (χ1v) is 13.7. The zero-order valence-electron chi connectivity index (χ0n) is 17.7. The number of aryl methyl sites for hydroxylation is 1. The number of sulfonamides is 1. The lowest BCUT2D eigenvalue weighted by Crippen LogP contribution is -2.24. The fraction of sp³-hybridized carbons (Fsp3) is 0.261. The lowest BCUT2D eigenvalue weighted by atomic mass is 10.1. The van der Waals surface area contributed by atoms with Crippen LogP contribution in [0.25, 0.3) is 6.08 Å². The first-order chi connectivity index (χ1) is 15.2. The number of fused-ring (bicyclic) bond motifs is 1. The van der Waals surface area contributed by atoms with Gasteiger partial charge >= 0.3 is 0 Å². The molecule has 0 unspecified atom stereocenters. The van der Waals surface area contributed by atoms with Crippen LogP contribution in [0.2, 0.25) is 0 Å². The van der Waals surface area contributed by atoms with Crippen molar-refractivity contribution in [3.8, 4) is 0 Å². The Bertz CT molecular complexity index is 1330. The Morgan fingerprint density at radius 1 is 1.09 bits per heavy atom. The van der Waals surface area contributed by atoms with E-state index in [0.29, 0.717) is 29.9 Å². The number of sulfone groups is 1. The summed E-state index contributed by atoms with van der Waals surface area (Å²) in [7, 11) is -7.01. The molecule has 0 saturated carbocycles. The third kappa shape index (κ3) is 5.35. The van der Waals surface area contributed by atoms with Crippen LogP contribution in [0.3, 0.4) is 0 Å². The van der Waals surface area contributed by atoms with E-state index in [9.17, 15) is 16.8 Å². The summed E-state index contributed by atoms with van der Waals surface area (Å²) < 4.78 is 54.3. The average Bonchev–Trinajstić information content (AvgIpc) is 3.08. The summed E-state index contributed by atoms with van der Waals surface area (Å²) in [6, 6.07) is 18.5. The lowest BCUT2D eigenvalue weighted by Gasteiger charge is -2.13. The summed E-state index contributed by atoms with van der Waals surface area (Å²) in [5.41, 5.74) is 3.63. The van der Waals surface area contributed by atoms with Crippen molar-refractivity contribution >= 4 is 25.9 Å². The third-order valence-electron chi connectivity index (χ3n) is 5.41. The summed E-state index contributed by atoms with van der Waals surface area (Å²) in [6.07, 6.45) is 1.78. The van der Waals surface area contributed by atoms with E-state index in [0.717, 1.165) is 16.5 Å². The van der Waals surface area contributed by atoms with Crippen LogP contribution in [0, 0.1) is 0 Å². The second kappa shape index (κ2) is 9.01. The van der Waals surface area contributed by atoms with E-state index < -0.39 is 25.9 Å². The Morgan fingerprint density at radius 2 is 1.75 bits per heavy atom. The molecule has 1 aliphatic rings. The molecule has 0 fully saturated rings. The topological polar surface area (TPSA) is 98.1 Å². The van der Waals surface area contributed by atoms with Gasteiger partial charge in [0.15, 0.2) is 9.84 Å². The zero-order chi connectivity index (χ0) is 22.8. The minimum absolute atomic E-state index is 0.0555. The van der Waals surface area contributed by atoms with Gasteiger partial charge in [0.2, 0.25) is 10.0 Å². The van der Waals surface area contributed by atoms with Crippen molar-refractivity contribution in [2.24, 2.45) is 0 Å². The predicted octanol–water partition coefficient (Wildman–Crippen LogP) is 3.05. The van der Waals surface area contributed by atoms with E-state index in [4.69, 9.17) is 0 Å².